The molecule has 0 saturated carbocycles. The molecule has 0 radical (unpaired) electrons. The Morgan fingerprint density at radius 2 is 1.81 bits per heavy atom. The summed E-state index contributed by atoms with van der Waals surface area (Å²) >= 11 is 0. The van der Waals surface area contributed by atoms with Crippen molar-refractivity contribution in [2.75, 3.05) is 65.4 Å². The molecule has 3 saturated heterocycles. The zero-order valence-electron chi connectivity index (χ0n) is 19.6. The number of fused-ring (bicyclic) bond motifs is 10. The zero-order valence-corrected chi connectivity index (χ0v) is 19.6. The van der Waals surface area contributed by atoms with Gasteiger partial charge in [0.25, 0.3) is 0 Å². The molecule has 4 rings (SSSR count). The second-order valence-electron chi connectivity index (χ2n) is 9.74. The Bertz CT molecular complexity index is 656. The van der Waals surface area contributed by atoms with E-state index in [4.69, 9.17) is 4.74 Å². The van der Waals surface area contributed by atoms with Gasteiger partial charge in [-0.3, -0.25) is 9.80 Å². The number of hydrogen-bond donors (Lipinski definition) is 2. The van der Waals surface area contributed by atoms with E-state index in [-0.39, 0.29) is 12.1 Å². The first-order valence-corrected chi connectivity index (χ1v) is 11.8. The maximum atomic E-state index is 12.3. The van der Waals surface area contributed by atoms with Gasteiger partial charge in [-0.15, -0.1) is 0 Å². The molecule has 0 aromatic heterocycles. The van der Waals surface area contributed by atoms with E-state index in [1.807, 2.05) is 20.8 Å². The van der Waals surface area contributed by atoms with Crippen LogP contribution in [0.5, 0.6) is 0 Å². The summed E-state index contributed by atoms with van der Waals surface area (Å²) in [5, 5.41) is 6.66. The van der Waals surface area contributed by atoms with Gasteiger partial charge >= 0.3 is 6.09 Å². The predicted molar refractivity (Wildman–Crippen MR) is 125 cm³/mol. The summed E-state index contributed by atoms with van der Waals surface area (Å²) in [6, 6.07) is 10.9. The summed E-state index contributed by atoms with van der Waals surface area (Å²) in [5.74, 6) is 0. The highest BCUT2D eigenvalue weighted by Gasteiger charge is 2.27. The molecule has 1 unspecified atom stereocenters. The average Bonchev–Trinajstić information content (AvgIpc) is 2.75. The minimum atomic E-state index is -0.481. The highest BCUT2D eigenvalue weighted by atomic mass is 16.6. The zero-order chi connectivity index (χ0) is 22.1. The lowest BCUT2D eigenvalue weighted by Crippen LogP contribution is -2.56. The molecule has 0 spiro atoms. The van der Waals surface area contributed by atoms with E-state index in [0.717, 1.165) is 65.4 Å². The first kappa shape index (κ1) is 24.0. The van der Waals surface area contributed by atoms with Crippen LogP contribution in [0.3, 0.4) is 0 Å². The Labute approximate surface area is 188 Å². The number of ether oxygens (including phenoxy) is 1. The monoisotopic (exact) mass is 431 g/mol. The van der Waals surface area contributed by atoms with Crippen molar-refractivity contribution in [2.45, 2.75) is 45.4 Å². The molecule has 2 N–H and O–H groups in total. The van der Waals surface area contributed by atoms with Gasteiger partial charge in [-0.2, -0.15) is 0 Å². The van der Waals surface area contributed by atoms with E-state index >= 15 is 0 Å². The summed E-state index contributed by atoms with van der Waals surface area (Å²) in [5.41, 5.74) is 0.848. The van der Waals surface area contributed by atoms with Gasteiger partial charge < -0.3 is 20.3 Å². The number of benzene rings is 1. The number of carbonyl (C=O) groups is 1. The van der Waals surface area contributed by atoms with Crippen LogP contribution in [0.1, 0.15) is 32.8 Å². The maximum Gasteiger partial charge on any atom is 0.407 e. The molecule has 2 bridgehead atoms. The first-order valence-electron chi connectivity index (χ1n) is 11.8. The van der Waals surface area contributed by atoms with Crippen LogP contribution in [0, 0.1) is 0 Å². The number of rotatable bonds is 4. The Morgan fingerprint density at radius 1 is 1.06 bits per heavy atom. The van der Waals surface area contributed by atoms with E-state index in [0.29, 0.717) is 6.54 Å². The van der Waals surface area contributed by atoms with E-state index in [1.54, 1.807) is 0 Å². The van der Waals surface area contributed by atoms with Crippen LogP contribution in [-0.2, 0) is 11.3 Å². The van der Waals surface area contributed by atoms with Gasteiger partial charge in [0, 0.05) is 64.9 Å². The molecule has 1 atom stereocenters. The lowest BCUT2D eigenvalue weighted by atomic mass is 10.1. The van der Waals surface area contributed by atoms with Crippen LogP contribution < -0.4 is 10.6 Å². The summed E-state index contributed by atoms with van der Waals surface area (Å²) in [7, 11) is 0. The van der Waals surface area contributed by atoms with Gasteiger partial charge in [0.05, 0.1) is 0 Å². The normalized spacial score (nSPS) is 26.4. The lowest BCUT2D eigenvalue weighted by molar-refractivity contribution is 0.0452. The Balaban J connectivity index is 1.69. The van der Waals surface area contributed by atoms with E-state index < -0.39 is 5.60 Å². The van der Waals surface area contributed by atoms with Crippen LogP contribution in [0.25, 0.3) is 0 Å². The third kappa shape index (κ3) is 8.77. The van der Waals surface area contributed by atoms with Gasteiger partial charge in [-0.25, -0.2) is 4.79 Å². The van der Waals surface area contributed by atoms with Crippen molar-refractivity contribution in [1.82, 2.24) is 25.3 Å². The quantitative estimate of drug-likeness (QED) is 0.760. The Morgan fingerprint density at radius 3 is 2.52 bits per heavy atom. The third-order valence-electron chi connectivity index (χ3n) is 5.95. The van der Waals surface area contributed by atoms with Gasteiger partial charge in [0.2, 0.25) is 0 Å². The fourth-order valence-corrected chi connectivity index (χ4v) is 4.34. The number of alkyl carbamates (subject to hydrolysis) is 1. The highest BCUT2D eigenvalue weighted by molar-refractivity contribution is 5.67. The van der Waals surface area contributed by atoms with Crippen molar-refractivity contribution in [2.24, 2.45) is 0 Å². The largest absolute Gasteiger partial charge is 0.444 e. The fraction of sp³-hybridized carbons (Fsp3) is 0.708. The number of carbonyl (C=O) groups excluding carboxylic acids is 1. The minimum Gasteiger partial charge on any atom is -0.444 e. The first-order chi connectivity index (χ1) is 14.9. The molecule has 31 heavy (non-hydrogen) atoms. The van der Waals surface area contributed by atoms with Crippen molar-refractivity contribution in [1.29, 1.82) is 0 Å². The molecule has 3 fully saturated rings. The standard InChI is InChI=1S/C24H41N5O2/c1-24(2,3)31-23(30)26-18-22-20-28(19-21-8-5-4-6-9-21)13-11-25-10-7-12-27-14-16-29(22)17-15-27/h4-6,8-9,22,25H,7,10-20H2,1-3H3,(H,26,30). The summed E-state index contributed by atoms with van der Waals surface area (Å²) < 4.78 is 5.48. The Hall–Kier alpha value is -1.67. The third-order valence-corrected chi connectivity index (χ3v) is 5.95. The van der Waals surface area contributed by atoms with Crippen LogP contribution in [0.15, 0.2) is 30.3 Å². The molecule has 7 heteroatoms. The highest BCUT2D eigenvalue weighted by Crippen LogP contribution is 2.12. The lowest BCUT2D eigenvalue weighted by Gasteiger charge is -2.41. The molecule has 3 aliphatic heterocycles. The summed E-state index contributed by atoms with van der Waals surface area (Å²) in [6.45, 7) is 16.7. The number of piperazine rings is 1. The maximum absolute atomic E-state index is 12.3. The molecule has 1 amide bonds. The van der Waals surface area contributed by atoms with Gasteiger partial charge in [0.15, 0.2) is 0 Å². The van der Waals surface area contributed by atoms with Crippen LogP contribution in [0.2, 0.25) is 0 Å². The average molecular weight is 432 g/mol. The van der Waals surface area contributed by atoms with Crippen molar-refractivity contribution in [3.05, 3.63) is 35.9 Å². The number of nitrogens with one attached hydrogen (secondary N) is 2. The topological polar surface area (TPSA) is 60.1 Å². The SMILES string of the molecule is CC(C)(C)OC(=O)NCC1CN(Cc2ccccc2)CCNCCCN2CCN1CC2. The molecule has 174 valence electrons. The van der Waals surface area contributed by atoms with Crippen LogP contribution >= 0.6 is 0 Å². The molecular weight excluding hydrogens is 390 g/mol. The van der Waals surface area contributed by atoms with E-state index in [2.05, 4.69) is 55.7 Å². The summed E-state index contributed by atoms with van der Waals surface area (Å²) in [6.07, 6.45) is 0.868. The molecule has 1 aromatic rings. The minimum absolute atomic E-state index is 0.263. The molecular formula is C24H41N5O2. The second kappa shape index (κ2) is 11.8. The number of nitrogens with zero attached hydrogens (tertiary/aromatic N) is 3. The van der Waals surface area contributed by atoms with E-state index in [1.165, 1.54) is 12.0 Å². The van der Waals surface area contributed by atoms with Crippen molar-refractivity contribution in [3.63, 3.8) is 0 Å². The smallest absolute Gasteiger partial charge is 0.407 e. The molecule has 3 heterocycles. The van der Waals surface area contributed by atoms with Gasteiger partial charge in [-0.1, -0.05) is 30.3 Å². The van der Waals surface area contributed by atoms with E-state index in [9.17, 15) is 4.79 Å². The number of hydrogen-bond acceptors (Lipinski definition) is 6. The molecule has 3 aliphatic rings. The molecule has 7 nitrogen and oxygen atoms in total. The second-order valence-corrected chi connectivity index (χ2v) is 9.74. The van der Waals surface area contributed by atoms with Crippen molar-refractivity contribution < 1.29 is 9.53 Å². The number of amides is 1. The van der Waals surface area contributed by atoms with Gasteiger partial charge in [0.1, 0.15) is 5.60 Å². The Kier molecular flexibility index (Phi) is 9.14. The molecule has 1 aromatic carbocycles. The van der Waals surface area contributed by atoms with Gasteiger partial charge in [-0.05, 0) is 45.8 Å². The van der Waals surface area contributed by atoms with Crippen LogP contribution in [-0.4, -0.2) is 97.9 Å². The predicted octanol–water partition coefficient (Wildman–Crippen LogP) is 1.99. The van der Waals surface area contributed by atoms with Crippen molar-refractivity contribution >= 4 is 6.09 Å². The van der Waals surface area contributed by atoms with Crippen molar-refractivity contribution in [3.8, 4) is 0 Å². The van der Waals surface area contributed by atoms with Crippen LogP contribution in [0.4, 0.5) is 4.79 Å². The molecule has 0 aliphatic carbocycles. The fourth-order valence-electron chi connectivity index (χ4n) is 4.34. The summed E-state index contributed by atoms with van der Waals surface area (Å²) in [4.78, 5) is 20.0.